The molecule has 26 heavy (non-hydrogen) atoms. The maximum absolute atomic E-state index is 12.3. The molecule has 1 saturated carbocycles. The molecule has 1 aliphatic rings. The molecule has 0 aliphatic heterocycles. The Morgan fingerprint density at radius 3 is 2.58 bits per heavy atom. The lowest BCUT2D eigenvalue weighted by Gasteiger charge is -2.19. The molecule has 1 aliphatic carbocycles. The first-order chi connectivity index (χ1) is 12.4. The number of non-ortho nitro benzene ring substituents is 1. The molecule has 0 bridgehead atoms. The Kier molecular flexibility index (Phi) is 6.94. The summed E-state index contributed by atoms with van der Waals surface area (Å²) in [5.41, 5.74) is 0.347. The van der Waals surface area contributed by atoms with Crippen LogP contribution in [0.25, 0.3) is 0 Å². The van der Waals surface area contributed by atoms with E-state index in [1.807, 2.05) is 0 Å². The number of carbonyl (C=O) groups is 2. The van der Waals surface area contributed by atoms with E-state index >= 15 is 0 Å². The topological polar surface area (TPSA) is 108 Å². The number of nitro groups is 1. The van der Waals surface area contributed by atoms with Crippen LogP contribution in [-0.4, -0.2) is 37.1 Å². The molecular weight excluding hydrogens is 340 g/mol. The number of hydrogen-bond donors (Lipinski definition) is 1. The van der Waals surface area contributed by atoms with Gasteiger partial charge >= 0.3 is 5.97 Å². The van der Waals surface area contributed by atoms with E-state index < -0.39 is 16.9 Å². The van der Waals surface area contributed by atoms with E-state index in [0.29, 0.717) is 23.7 Å². The number of benzene rings is 1. The van der Waals surface area contributed by atoms with Gasteiger partial charge in [-0.3, -0.25) is 14.9 Å². The van der Waals surface area contributed by atoms with Gasteiger partial charge in [0, 0.05) is 30.5 Å². The molecule has 0 aromatic heterocycles. The summed E-state index contributed by atoms with van der Waals surface area (Å²) in [4.78, 5) is 34.9. The predicted molar refractivity (Wildman–Crippen MR) is 93.9 cm³/mol. The monoisotopic (exact) mass is 364 g/mol. The number of carbonyl (C=O) groups excluding carboxylic acids is 2. The quantitative estimate of drug-likeness (QED) is 0.431. The minimum Gasteiger partial charge on any atom is -0.496 e. The lowest BCUT2D eigenvalue weighted by molar-refractivity contribution is -0.384. The largest absolute Gasteiger partial charge is 0.496 e. The molecule has 0 unspecified atom stereocenters. The van der Waals surface area contributed by atoms with Gasteiger partial charge in [0.05, 0.1) is 19.1 Å². The summed E-state index contributed by atoms with van der Waals surface area (Å²) in [6.45, 7) is 0. The van der Waals surface area contributed by atoms with Crippen molar-refractivity contribution in [3.63, 3.8) is 0 Å². The van der Waals surface area contributed by atoms with Crippen LogP contribution in [-0.2, 0) is 20.7 Å². The zero-order valence-corrected chi connectivity index (χ0v) is 15.0. The van der Waals surface area contributed by atoms with Crippen molar-refractivity contribution in [2.75, 3.05) is 14.2 Å². The molecular formula is C18H24N2O6. The van der Waals surface area contributed by atoms with E-state index in [9.17, 15) is 19.7 Å². The highest BCUT2D eigenvalue weighted by molar-refractivity contribution is 5.84. The molecule has 2 rings (SSSR count). The number of nitrogens with one attached hydrogen (secondary N) is 1. The van der Waals surface area contributed by atoms with Gasteiger partial charge in [-0.15, -0.1) is 0 Å². The molecule has 1 aromatic carbocycles. The summed E-state index contributed by atoms with van der Waals surface area (Å²) in [7, 11) is 2.68. The summed E-state index contributed by atoms with van der Waals surface area (Å²) >= 11 is 0. The van der Waals surface area contributed by atoms with Gasteiger partial charge in [-0.1, -0.05) is 12.8 Å². The molecule has 1 N–H and O–H groups in total. The van der Waals surface area contributed by atoms with Crippen molar-refractivity contribution in [2.45, 2.75) is 44.6 Å². The summed E-state index contributed by atoms with van der Waals surface area (Å²) in [6, 6.07) is 3.22. The number of rotatable bonds is 8. The van der Waals surface area contributed by atoms with E-state index in [0.717, 1.165) is 25.7 Å². The van der Waals surface area contributed by atoms with E-state index in [-0.39, 0.29) is 18.0 Å². The number of methoxy groups -OCH3 is 2. The first-order valence-electron chi connectivity index (χ1n) is 8.63. The summed E-state index contributed by atoms with van der Waals surface area (Å²) < 4.78 is 10.00. The average Bonchev–Trinajstić information content (AvgIpc) is 3.13. The van der Waals surface area contributed by atoms with E-state index in [1.54, 1.807) is 0 Å². The average molecular weight is 364 g/mol. The van der Waals surface area contributed by atoms with Crippen molar-refractivity contribution in [2.24, 2.45) is 5.92 Å². The zero-order chi connectivity index (χ0) is 19.1. The zero-order valence-electron chi connectivity index (χ0n) is 15.0. The summed E-state index contributed by atoms with van der Waals surface area (Å²) in [5.74, 6) is -0.0507. The molecule has 1 atom stereocenters. The molecule has 0 saturated heterocycles. The second-order valence-corrected chi connectivity index (χ2v) is 6.46. The van der Waals surface area contributed by atoms with Crippen LogP contribution in [0.1, 0.15) is 37.7 Å². The third kappa shape index (κ3) is 5.18. The number of amides is 1. The van der Waals surface area contributed by atoms with Crippen molar-refractivity contribution >= 4 is 17.6 Å². The fraction of sp³-hybridized carbons (Fsp3) is 0.556. The van der Waals surface area contributed by atoms with Gasteiger partial charge in [-0.2, -0.15) is 0 Å². The second-order valence-electron chi connectivity index (χ2n) is 6.46. The van der Waals surface area contributed by atoms with Gasteiger partial charge in [-0.25, -0.2) is 4.79 Å². The van der Waals surface area contributed by atoms with Gasteiger partial charge in [0.2, 0.25) is 5.91 Å². The summed E-state index contributed by atoms with van der Waals surface area (Å²) in [6.07, 6.45) is 4.73. The molecule has 0 radical (unpaired) electrons. The third-order valence-corrected chi connectivity index (χ3v) is 4.67. The van der Waals surface area contributed by atoms with Crippen LogP contribution in [0.4, 0.5) is 5.69 Å². The SMILES string of the molecule is COC(=O)[C@@H](Cc1cc([N+](=O)[O-])ccc1OC)NC(=O)CC1CCCC1. The van der Waals surface area contributed by atoms with E-state index in [1.165, 1.54) is 32.4 Å². The van der Waals surface area contributed by atoms with Crippen molar-refractivity contribution < 1.29 is 24.0 Å². The van der Waals surface area contributed by atoms with Crippen molar-refractivity contribution in [1.29, 1.82) is 0 Å². The Balaban J connectivity index is 2.14. The van der Waals surface area contributed by atoms with Gasteiger partial charge in [0.15, 0.2) is 0 Å². The van der Waals surface area contributed by atoms with Crippen LogP contribution < -0.4 is 10.1 Å². The number of ether oxygens (including phenoxy) is 2. The van der Waals surface area contributed by atoms with Crippen LogP contribution >= 0.6 is 0 Å². The van der Waals surface area contributed by atoms with Gasteiger partial charge < -0.3 is 14.8 Å². The van der Waals surface area contributed by atoms with Gasteiger partial charge in [0.25, 0.3) is 5.69 Å². The standard InChI is InChI=1S/C18H24N2O6/c1-25-16-8-7-14(20(23)24)10-13(16)11-15(18(22)26-2)19-17(21)9-12-5-3-4-6-12/h7-8,10,12,15H,3-6,9,11H2,1-2H3,(H,19,21)/t15-/m1/s1. The maximum atomic E-state index is 12.3. The number of hydrogen-bond acceptors (Lipinski definition) is 6. The van der Waals surface area contributed by atoms with Crippen molar-refractivity contribution in [3.05, 3.63) is 33.9 Å². The summed E-state index contributed by atoms with van der Waals surface area (Å²) in [5, 5.41) is 13.7. The fourth-order valence-corrected chi connectivity index (χ4v) is 3.32. The second kappa shape index (κ2) is 9.17. The Morgan fingerprint density at radius 2 is 2.00 bits per heavy atom. The first kappa shape index (κ1) is 19.7. The Labute approximate surface area is 152 Å². The normalized spacial score (nSPS) is 15.3. The van der Waals surface area contributed by atoms with E-state index in [2.05, 4.69) is 5.32 Å². The first-order valence-corrected chi connectivity index (χ1v) is 8.63. The van der Waals surface area contributed by atoms with Crippen LogP contribution in [0.5, 0.6) is 5.75 Å². The third-order valence-electron chi connectivity index (χ3n) is 4.67. The lowest BCUT2D eigenvalue weighted by atomic mass is 10.0. The van der Waals surface area contributed by atoms with Crippen molar-refractivity contribution in [1.82, 2.24) is 5.32 Å². The molecule has 1 aromatic rings. The highest BCUT2D eigenvalue weighted by atomic mass is 16.6. The Morgan fingerprint density at radius 1 is 1.31 bits per heavy atom. The maximum Gasteiger partial charge on any atom is 0.328 e. The van der Waals surface area contributed by atoms with Crippen LogP contribution in [0.2, 0.25) is 0 Å². The van der Waals surface area contributed by atoms with Crippen LogP contribution in [0, 0.1) is 16.0 Å². The van der Waals surface area contributed by atoms with Crippen LogP contribution in [0.3, 0.4) is 0 Å². The number of nitro benzene ring substituents is 1. The highest BCUT2D eigenvalue weighted by Gasteiger charge is 2.26. The minimum absolute atomic E-state index is 0.0495. The Hall–Kier alpha value is -2.64. The molecule has 1 fully saturated rings. The molecule has 142 valence electrons. The van der Waals surface area contributed by atoms with Gasteiger partial charge in [0.1, 0.15) is 11.8 Å². The fourth-order valence-electron chi connectivity index (χ4n) is 3.32. The van der Waals surface area contributed by atoms with Crippen molar-refractivity contribution in [3.8, 4) is 5.75 Å². The molecule has 8 heteroatoms. The lowest BCUT2D eigenvalue weighted by Crippen LogP contribution is -2.43. The highest BCUT2D eigenvalue weighted by Crippen LogP contribution is 2.28. The smallest absolute Gasteiger partial charge is 0.328 e. The minimum atomic E-state index is -0.926. The predicted octanol–water partition coefficient (Wildman–Crippen LogP) is 2.38. The van der Waals surface area contributed by atoms with E-state index in [4.69, 9.17) is 9.47 Å². The van der Waals surface area contributed by atoms with Gasteiger partial charge in [-0.05, 0) is 24.8 Å². The molecule has 8 nitrogen and oxygen atoms in total. The number of esters is 1. The molecule has 0 heterocycles. The molecule has 0 spiro atoms. The van der Waals surface area contributed by atoms with Crippen LogP contribution in [0.15, 0.2) is 18.2 Å². The number of nitrogens with zero attached hydrogens (tertiary/aromatic N) is 1. The molecule has 1 amide bonds. The Bertz CT molecular complexity index is 670.